The standard InChI is InChI=1S/C8H12O2/c1-3-10-8-5-4-7(9)6(8)2/h4-5,7-9H,2-3H2,1H3/t7-,8+/m1/s1. The number of ether oxygens (including phenoxy) is 1. The van der Waals surface area contributed by atoms with Crippen LogP contribution in [0.4, 0.5) is 0 Å². The molecule has 2 atom stereocenters. The third-order valence-corrected chi connectivity index (χ3v) is 1.56. The van der Waals surface area contributed by atoms with Gasteiger partial charge >= 0.3 is 0 Å². The Labute approximate surface area is 60.8 Å². The Morgan fingerprint density at radius 2 is 2.40 bits per heavy atom. The maximum atomic E-state index is 9.13. The van der Waals surface area contributed by atoms with Gasteiger partial charge in [0.15, 0.2) is 0 Å². The summed E-state index contributed by atoms with van der Waals surface area (Å²) in [6.07, 6.45) is 2.95. The molecule has 0 fully saturated rings. The molecule has 2 heteroatoms. The Bertz CT molecular complexity index is 161. The molecule has 1 aliphatic rings. The Hall–Kier alpha value is -0.600. The predicted molar refractivity (Wildman–Crippen MR) is 39.7 cm³/mol. The first kappa shape index (κ1) is 7.51. The van der Waals surface area contributed by atoms with Crippen LogP contribution in [0.3, 0.4) is 0 Å². The molecule has 2 nitrogen and oxygen atoms in total. The van der Waals surface area contributed by atoms with E-state index in [0.717, 1.165) is 5.57 Å². The average Bonchev–Trinajstić information content (AvgIpc) is 2.20. The van der Waals surface area contributed by atoms with E-state index in [0.29, 0.717) is 6.61 Å². The van der Waals surface area contributed by atoms with Crippen molar-refractivity contribution in [3.05, 3.63) is 24.3 Å². The molecule has 0 aromatic carbocycles. The minimum Gasteiger partial charge on any atom is -0.385 e. The highest BCUT2D eigenvalue weighted by molar-refractivity contribution is 5.28. The zero-order valence-electron chi connectivity index (χ0n) is 6.08. The van der Waals surface area contributed by atoms with E-state index in [4.69, 9.17) is 9.84 Å². The number of hydrogen-bond acceptors (Lipinski definition) is 2. The van der Waals surface area contributed by atoms with Crippen LogP contribution in [0.2, 0.25) is 0 Å². The van der Waals surface area contributed by atoms with E-state index in [1.165, 1.54) is 0 Å². The molecule has 10 heavy (non-hydrogen) atoms. The van der Waals surface area contributed by atoms with Crippen molar-refractivity contribution in [3.63, 3.8) is 0 Å². The first-order valence-electron chi connectivity index (χ1n) is 3.42. The molecule has 0 amide bonds. The lowest BCUT2D eigenvalue weighted by Crippen LogP contribution is -2.14. The Morgan fingerprint density at radius 1 is 1.70 bits per heavy atom. The Morgan fingerprint density at radius 3 is 2.80 bits per heavy atom. The van der Waals surface area contributed by atoms with Gasteiger partial charge in [0.05, 0.1) is 12.2 Å². The van der Waals surface area contributed by atoms with E-state index in [1.54, 1.807) is 6.08 Å². The van der Waals surface area contributed by atoms with Gasteiger partial charge in [0.2, 0.25) is 0 Å². The summed E-state index contributed by atoms with van der Waals surface area (Å²) < 4.78 is 5.24. The van der Waals surface area contributed by atoms with Crippen LogP contribution in [0.5, 0.6) is 0 Å². The van der Waals surface area contributed by atoms with Gasteiger partial charge in [-0.05, 0) is 12.5 Å². The lowest BCUT2D eigenvalue weighted by molar-refractivity contribution is 0.112. The van der Waals surface area contributed by atoms with Crippen LogP contribution in [-0.4, -0.2) is 23.9 Å². The topological polar surface area (TPSA) is 29.5 Å². The van der Waals surface area contributed by atoms with Crippen LogP contribution < -0.4 is 0 Å². The summed E-state index contributed by atoms with van der Waals surface area (Å²) in [6, 6.07) is 0. The maximum absolute atomic E-state index is 9.13. The van der Waals surface area contributed by atoms with E-state index in [-0.39, 0.29) is 6.10 Å². The van der Waals surface area contributed by atoms with E-state index in [1.807, 2.05) is 13.0 Å². The molecule has 1 N–H and O–H groups in total. The summed E-state index contributed by atoms with van der Waals surface area (Å²) >= 11 is 0. The number of aliphatic hydroxyl groups is 1. The summed E-state index contributed by atoms with van der Waals surface area (Å²) in [6.45, 7) is 6.27. The van der Waals surface area contributed by atoms with Crippen molar-refractivity contribution in [2.24, 2.45) is 0 Å². The maximum Gasteiger partial charge on any atom is 0.0992 e. The molecule has 0 heterocycles. The van der Waals surface area contributed by atoms with E-state index in [2.05, 4.69) is 6.58 Å². The lowest BCUT2D eigenvalue weighted by atomic mass is 10.2. The second kappa shape index (κ2) is 2.99. The van der Waals surface area contributed by atoms with Gasteiger partial charge in [-0.3, -0.25) is 0 Å². The third kappa shape index (κ3) is 1.28. The summed E-state index contributed by atoms with van der Waals surface area (Å²) in [5.74, 6) is 0. The van der Waals surface area contributed by atoms with Gasteiger partial charge in [-0.2, -0.15) is 0 Å². The van der Waals surface area contributed by atoms with Crippen molar-refractivity contribution in [1.82, 2.24) is 0 Å². The van der Waals surface area contributed by atoms with Crippen molar-refractivity contribution in [2.45, 2.75) is 19.1 Å². The van der Waals surface area contributed by atoms with E-state index >= 15 is 0 Å². The average molecular weight is 140 g/mol. The predicted octanol–water partition coefficient (Wildman–Crippen LogP) is 0.878. The van der Waals surface area contributed by atoms with Crippen LogP contribution in [0, 0.1) is 0 Å². The molecule has 0 aliphatic heterocycles. The van der Waals surface area contributed by atoms with Crippen LogP contribution >= 0.6 is 0 Å². The van der Waals surface area contributed by atoms with Gasteiger partial charge in [-0.15, -0.1) is 0 Å². The lowest BCUT2D eigenvalue weighted by Gasteiger charge is -2.11. The quantitative estimate of drug-likeness (QED) is 0.577. The molecule has 0 spiro atoms. The molecule has 0 saturated carbocycles. The molecule has 0 radical (unpaired) electrons. The SMILES string of the molecule is C=C1[C@H](O)C=C[C@@H]1OCC. The van der Waals surface area contributed by atoms with Crippen LogP contribution in [0.1, 0.15) is 6.92 Å². The fourth-order valence-electron chi connectivity index (χ4n) is 0.964. The molecule has 0 aromatic heterocycles. The smallest absolute Gasteiger partial charge is 0.0992 e. The van der Waals surface area contributed by atoms with Crippen molar-refractivity contribution >= 4 is 0 Å². The summed E-state index contributed by atoms with van der Waals surface area (Å²) in [5.41, 5.74) is 0.738. The van der Waals surface area contributed by atoms with Crippen molar-refractivity contribution < 1.29 is 9.84 Å². The normalized spacial score (nSPS) is 31.6. The summed E-state index contributed by atoms with van der Waals surface area (Å²) in [4.78, 5) is 0. The van der Waals surface area contributed by atoms with E-state index < -0.39 is 6.10 Å². The molecule has 1 rings (SSSR count). The molecular formula is C8H12O2. The first-order valence-corrected chi connectivity index (χ1v) is 3.42. The molecule has 1 aliphatic carbocycles. The van der Waals surface area contributed by atoms with Crippen LogP contribution in [0.25, 0.3) is 0 Å². The van der Waals surface area contributed by atoms with Gasteiger partial charge < -0.3 is 9.84 Å². The van der Waals surface area contributed by atoms with Gasteiger partial charge in [0.25, 0.3) is 0 Å². The zero-order valence-corrected chi connectivity index (χ0v) is 6.08. The van der Waals surface area contributed by atoms with Gasteiger partial charge in [0.1, 0.15) is 0 Å². The minimum atomic E-state index is -0.503. The fourth-order valence-corrected chi connectivity index (χ4v) is 0.964. The highest BCUT2D eigenvalue weighted by Crippen LogP contribution is 2.18. The number of hydrogen-bond donors (Lipinski definition) is 1. The van der Waals surface area contributed by atoms with Crippen LogP contribution in [-0.2, 0) is 4.74 Å². The molecule has 0 unspecified atom stereocenters. The Kier molecular flexibility index (Phi) is 2.25. The molecule has 0 aromatic rings. The van der Waals surface area contributed by atoms with Gasteiger partial charge in [-0.1, -0.05) is 18.7 Å². The number of aliphatic hydroxyl groups excluding tert-OH is 1. The molecule has 0 bridgehead atoms. The largest absolute Gasteiger partial charge is 0.385 e. The summed E-state index contributed by atoms with van der Waals surface area (Å²) in [7, 11) is 0. The first-order chi connectivity index (χ1) is 4.75. The third-order valence-electron chi connectivity index (χ3n) is 1.56. The number of rotatable bonds is 2. The second-order valence-corrected chi connectivity index (χ2v) is 2.28. The highest BCUT2D eigenvalue weighted by atomic mass is 16.5. The van der Waals surface area contributed by atoms with Gasteiger partial charge in [0, 0.05) is 6.61 Å². The minimum absolute atomic E-state index is 0.0694. The molecule has 56 valence electrons. The van der Waals surface area contributed by atoms with E-state index in [9.17, 15) is 0 Å². The van der Waals surface area contributed by atoms with Gasteiger partial charge in [-0.25, -0.2) is 0 Å². The second-order valence-electron chi connectivity index (χ2n) is 2.28. The van der Waals surface area contributed by atoms with Crippen LogP contribution in [0.15, 0.2) is 24.3 Å². The Balaban J connectivity index is 2.50. The van der Waals surface area contributed by atoms with Crippen molar-refractivity contribution in [3.8, 4) is 0 Å². The zero-order chi connectivity index (χ0) is 7.56. The molecular weight excluding hydrogens is 128 g/mol. The monoisotopic (exact) mass is 140 g/mol. The highest BCUT2D eigenvalue weighted by Gasteiger charge is 2.20. The summed E-state index contributed by atoms with van der Waals surface area (Å²) in [5, 5.41) is 9.13. The van der Waals surface area contributed by atoms with Crippen molar-refractivity contribution in [1.29, 1.82) is 0 Å². The van der Waals surface area contributed by atoms with Crippen molar-refractivity contribution in [2.75, 3.05) is 6.61 Å². The fraction of sp³-hybridized carbons (Fsp3) is 0.500. The molecule has 0 saturated heterocycles.